The van der Waals surface area contributed by atoms with Crippen LogP contribution in [0, 0.1) is 13.8 Å². The van der Waals surface area contributed by atoms with Crippen LogP contribution in [0.3, 0.4) is 0 Å². The van der Waals surface area contributed by atoms with Crippen LogP contribution < -0.4 is 5.73 Å². The first-order valence-corrected chi connectivity index (χ1v) is 5.82. The number of anilines is 1. The third-order valence-electron chi connectivity index (χ3n) is 2.99. The predicted octanol–water partition coefficient (Wildman–Crippen LogP) is 2.91. The van der Waals surface area contributed by atoms with Crippen LogP contribution in [0.25, 0.3) is 11.4 Å². The summed E-state index contributed by atoms with van der Waals surface area (Å²) in [5.41, 5.74) is 10.2. The van der Waals surface area contributed by atoms with E-state index < -0.39 is 0 Å². The maximum atomic E-state index is 5.97. The number of benzene rings is 1. The van der Waals surface area contributed by atoms with Gasteiger partial charge in [-0.05, 0) is 25.8 Å². The summed E-state index contributed by atoms with van der Waals surface area (Å²) < 4.78 is 0. The first-order valence-electron chi connectivity index (χ1n) is 5.82. The SMILES string of the molecule is CCc1c(C)nc(-c2ccccc2C)nc1N. The van der Waals surface area contributed by atoms with Crippen molar-refractivity contribution in [3.05, 3.63) is 41.1 Å². The average Bonchev–Trinajstić information content (AvgIpc) is 2.29. The quantitative estimate of drug-likeness (QED) is 0.858. The van der Waals surface area contributed by atoms with Gasteiger partial charge in [-0.25, -0.2) is 9.97 Å². The fourth-order valence-electron chi connectivity index (χ4n) is 2.00. The monoisotopic (exact) mass is 227 g/mol. The molecule has 0 fully saturated rings. The van der Waals surface area contributed by atoms with Crippen molar-refractivity contribution in [2.24, 2.45) is 0 Å². The summed E-state index contributed by atoms with van der Waals surface area (Å²) in [6.07, 6.45) is 0.867. The Kier molecular flexibility index (Phi) is 3.09. The second-order valence-electron chi connectivity index (χ2n) is 4.16. The summed E-state index contributed by atoms with van der Waals surface area (Å²) in [6.45, 7) is 6.10. The van der Waals surface area contributed by atoms with Crippen molar-refractivity contribution < 1.29 is 0 Å². The molecule has 88 valence electrons. The summed E-state index contributed by atoms with van der Waals surface area (Å²) in [5, 5.41) is 0. The van der Waals surface area contributed by atoms with Crippen molar-refractivity contribution in [1.82, 2.24) is 9.97 Å². The maximum Gasteiger partial charge on any atom is 0.162 e. The molecule has 3 heteroatoms. The van der Waals surface area contributed by atoms with Crippen molar-refractivity contribution in [3.63, 3.8) is 0 Å². The molecule has 0 aliphatic carbocycles. The number of nitrogen functional groups attached to an aromatic ring is 1. The molecule has 0 radical (unpaired) electrons. The van der Waals surface area contributed by atoms with E-state index in [2.05, 4.69) is 29.9 Å². The molecule has 3 nitrogen and oxygen atoms in total. The van der Waals surface area contributed by atoms with E-state index in [0.717, 1.165) is 34.6 Å². The van der Waals surface area contributed by atoms with Crippen LogP contribution in [0.1, 0.15) is 23.7 Å². The van der Waals surface area contributed by atoms with Crippen LogP contribution in [0.5, 0.6) is 0 Å². The van der Waals surface area contributed by atoms with E-state index >= 15 is 0 Å². The third kappa shape index (κ3) is 2.13. The molecule has 2 aromatic rings. The molecular weight excluding hydrogens is 210 g/mol. The minimum Gasteiger partial charge on any atom is -0.383 e. The number of nitrogens with zero attached hydrogens (tertiary/aromatic N) is 2. The first kappa shape index (κ1) is 11.6. The Bertz CT molecular complexity index is 524. The summed E-state index contributed by atoms with van der Waals surface area (Å²) in [6, 6.07) is 8.08. The van der Waals surface area contributed by atoms with Gasteiger partial charge in [-0.1, -0.05) is 31.2 Å². The van der Waals surface area contributed by atoms with Crippen molar-refractivity contribution in [2.45, 2.75) is 27.2 Å². The van der Waals surface area contributed by atoms with Crippen molar-refractivity contribution in [3.8, 4) is 11.4 Å². The van der Waals surface area contributed by atoms with Gasteiger partial charge in [0.2, 0.25) is 0 Å². The number of nitrogens with two attached hydrogens (primary N) is 1. The second-order valence-corrected chi connectivity index (χ2v) is 4.16. The molecule has 0 aliphatic heterocycles. The van der Waals surface area contributed by atoms with Crippen molar-refractivity contribution >= 4 is 5.82 Å². The highest BCUT2D eigenvalue weighted by atomic mass is 15.0. The van der Waals surface area contributed by atoms with Crippen LogP contribution in [0.4, 0.5) is 5.82 Å². The van der Waals surface area contributed by atoms with Crippen LogP contribution in [0.2, 0.25) is 0 Å². The van der Waals surface area contributed by atoms with Crippen LogP contribution in [-0.4, -0.2) is 9.97 Å². The molecule has 1 aromatic carbocycles. The van der Waals surface area contributed by atoms with E-state index in [1.807, 2.05) is 25.1 Å². The number of hydrogen-bond donors (Lipinski definition) is 1. The molecule has 2 rings (SSSR count). The smallest absolute Gasteiger partial charge is 0.162 e. The molecule has 1 aromatic heterocycles. The van der Waals surface area contributed by atoms with Gasteiger partial charge < -0.3 is 5.73 Å². The highest BCUT2D eigenvalue weighted by Gasteiger charge is 2.10. The Morgan fingerprint density at radius 3 is 2.41 bits per heavy atom. The molecule has 0 atom stereocenters. The van der Waals surface area contributed by atoms with Crippen LogP contribution in [-0.2, 0) is 6.42 Å². The molecule has 0 saturated heterocycles. The summed E-state index contributed by atoms with van der Waals surface area (Å²) >= 11 is 0. The summed E-state index contributed by atoms with van der Waals surface area (Å²) in [7, 11) is 0. The Hall–Kier alpha value is -1.90. The van der Waals surface area contributed by atoms with Crippen LogP contribution in [0.15, 0.2) is 24.3 Å². The van der Waals surface area contributed by atoms with Crippen LogP contribution >= 0.6 is 0 Å². The lowest BCUT2D eigenvalue weighted by atomic mass is 10.1. The third-order valence-corrected chi connectivity index (χ3v) is 2.99. The fraction of sp³-hybridized carbons (Fsp3) is 0.286. The maximum absolute atomic E-state index is 5.97. The standard InChI is InChI=1S/C14H17N3/c1-4-11-10(3)16-14(17-13(11)15)12-8-6-5-7-9(12)2/h5-8H,4H2,1-3H3,(H2,15,16,17). The topological polar surface area (TPSA) is 51.8 Å². The molecule has 2 N–H and O–H groups in total. The van der Waals surface area contributed by atoms with Gasteiger partial charge in [0.05, 0.1) is 0 Å². The summed E-state index contributed by atoms with van der Waals surface area (Å²) in [5.74, 6) is 1.31. The molecule has 0 saturated carbocycles. The van der Waals surface area contributed by atoms with Gasteiger partial charge in [0.25, 0.3) is 0 Å². The zero-order valence-electron chi connectivity index (χ0n) is 10.5. The Labute approximate surface area is 102 Å². The zero-order valence-corrected chi connectivity index (χ0v) is 10.5. The Balaban J connectivity index is 2.59. The first-order chi connectivity index (χ1) is 8.13. The minimum absolute atomic E-state index is 0.596. The van der Waals surface area contributed by atoms with E-state index in [1.54, 1.807) is 0 Å². The van der Waals surface area contributed by atoms with Gasteiger partial charge in [-0.15, -0.1) is 0 Å². The van der Waals surface area contributed by atoms with Gasteiger partial charge in [-0.3, -0.25) is 0 Å². The van der Waals surface area contributed by atoms with Crippen molar-refractivity contribution in [1.29, 1.82) is 0 Å². The molecule has 17 heavy (non-hydrogen) atoms. The summed E-state index contributed by atoms with van der Waals surface area (Å²) in [4.78, 5) is 8.95. The molecule has 0 aliphatic rings. The number of aromatic nitrogens is 2. The van der Waals surface area contributed by atoms with Gasteiger partial charge in [0.15, 0.2) is 5.82 Å². The molecule has 0 unspecified atom stereocenters. The molecule has 0 amide bonds. The fourth-order valence-corrected chi connectivity index (χ4v) is 2.00. The van der Waals surface area contributed by atoms with E-state index in [1.165, 1.54) is 0 Å². The average molecular weight is 227 g/mol. The number of aryl methyl sites for hydroxylation is 2. The molecule has 0 spiro atoms. The largest absolute Gasteiger partial charge is 0.383 e. The van der Waals surface area contributed by atoms with E-state index in [0.29, 0.717) is 5.82 Å². The zero-order chi connectivity index (χ0) is 12.4. The lowest BCUT2D eigenvalue weighted by Crippen LogP contribution is -2.04. The minimum atomic E-state index is 0.596. The molecular formula is C14H17N3. The van der Waals surface area contributed by atoms with E-state index in [9.17, 15) is 0 Å². The second kappa shape index (κ2) is 4.53. The van der Waals surface area contributed by atoms with Gasteiger partial charge >= 0.3 is 0 Å². The molecule has 1 heterocycles. The Morgan fingerprint density at radius 1 is 1.12 bits per heavy atom. The predicted molar refractivity (Wildman–Crippen MR) is 70.7 cm³/mol. The van der Waals surface area contributed by atoms with Gasteiger partial charge in [-0.2, -0.15) is 0 Å². The lowest BCUT2D eigenvalue weighted by molar-refractivity contribution is 1.01. The van der Waals surface area contributed by atoms with Gasteiger partial charge in [0.1, 0.15) is 5.82 Å². The van der Waals surface area contributed by atoms with Crippen molar-refractivity contribution in [2.75, 3.05) is 5.73 Å². The number of hydrogen-bond acceptors (Lipinski definition) is 3. The van der Waals surface area contributed by atoms with E-state index in [4.69, 9.17) is 5.73 Å². The normalized spacial score (nSPS) is 10.5. The highest BCUT2D eigenvalue weighted by Crippen LogP contribution is 2.23. The van der Waals surface area contributed by atoms with Gasteiger partial charge in [0, 0.05) is 16.8 Å². The lowest BCUT2D eigenvalue weighted by Gasteiger charge is -2.10. The molecule has 0 bridgehead atoms. The van der Waals surface area contributed by atoms with E-state index in [-0.39, 0.29) is 0 Å². The highest BCUT2D eigenvalue weighted by molar-refractivity contribution is 5.62. The number of rotatable bonds is 2. The Morgan fingerprint density at radius 2 is 1.82 bits per heavy atom.